The zero-order valence-electron chi connectivity index (χ0n) is 18.9. The molecule has 2 aliphatic heterocycles. The summed E-state index contributed by atoms with van der Waals surface area (Å²) in [6, 6.07) is 14.0. The predicted molar refractivity (Wildman–Crippen MR) is 124 cm³/mol. The number of hydrogen-bond acceptors (Lipinski definition) is 6. The van der Waals surface area contributed by atoms with Crippen LogP contribution in [-0.2, 0) is 16.9 Å². The van der Waals surface area contributed by atoms with Crippen molar-refractivity contribution in [2.45, 2.75) is 38.1 Å². The number of rotatable bonds is 5. The van der Waals surface area contributed by atoms with E-state index < -0.39 is 11.4 Å². The smallest absolute Gasteiger partial charge is 0.179 e. The third-order valence-corrected chi connectivity index (χ3v) is 6.88. The SMILES string of the molecule is CC(C)(O)c1cc(F)cc(-c2ncnc3cc(-c4ccc(C[N+]5([O-])CC6OCC65)cc4)oc23)c1. The lowest BCUT2D eigenvalue weighted by Gasteiger charge is -2.64. The fourth-order valence-electron chi connectivity index (χ4n) is 4.78. The maximum absolute atomic E-state index is 14.3. The number of benzene rings is 2. The van der Waals surface area contributed by atoms with Crippen molar-refractivity contribution in [3.05, 3.63) is 77.0 Å². The van der Waals surface area contributed by atoms with Crippen molar-refractivity contribution >= 4 is 11.1 Å². The summed E-state index contributed by atoms with van der Waals surface area (Å²) in [6.07, 6.45) is 1.55. The highest BCUT2D eigenvalue weighted by molar-refractivity contribution is 5.90. The van der Waals surface area contributed by atoms with Crippen LogP contribution in [0, 0.1) is 11.0 Å². The molecule has 7 nitrogen and oxygen atoms in total. The van der Waals surface area contributed by atoms with E-state index in [2.05, 4.69) is 9.97 Å². The Morgan fingerprint density at radius 1 is 1.12 bits per heavy atom. The lowest BCUT2D eigenvalue weighted by molar-refractivity contribution is -0.984. The molecule has 2 aromatic heterocycles. The van der Waals surface area contributed by atoms with Crippen LogP contribution in [0.25, 0.3) is 33.7 Å². The summed E-state index contributed by atoms with van der Waals surface area (Å²) in [6.45, 7) is 4.72. The Morgan fingerprint density at radius 2 is 1.91 bits per heavy atom. The number of morpholine rings is 1. The van der Waals surface area contributed by atoms with Crippen molar-refractivity contribution in [3.8, 4) is 22.6 Å². The summed E-state index contributed by atoms with van der Waals surface area (Å²) >= 11 is 0. The minimum absolute atomic E-state index is 0.0757. The van der Waals surface area contributed by atoms with Gasteiger partial charge in [0.2, 0.25) is 0 Å². The second kappa shape index (κ2) is 7.41. The molecule has 0 radical (unpaired) electrons. The van der Waals surface area contributed by atoms with Crippen molar-refractivity contribution in [1.82, 2.24) is 9.97 Å². The summed E-state index contributed by atoms with van der Waals surface area (Å²) in [5.74, 6) is 0.134. The summed E-state index contributed by atoms with van der Waals surface area (Å²) in [4.78, 5) is 8.65. The first-order valence-electron chi connectivity index (χ1n) is 11.3. The number of aromatic nitrogens is 2. The molecule has 2 saturated heterocycles. The monoisotopic (exact) mass is 461 g/mol. The van der Waals surface area contributed by atoms with E-state index in [9.17, 15) is 14.7 Å². The molecule has 4 aromatic rings. The third-order valence-electron chi connectivity index (χ3n) is 6.88. The van der Waals surface area contributed by atoms with Crippen LogP contribution in [0.5, 0.6) is 0 Å². The van der Waals surface area contributed by atoms with Crippen molar-refractivity contribution < 1.29 is 23.3 Å². The van der Waals surface area contributed by atoms with Gasteiger partial charge >= 0.3 is 0 Å². The van der Waals surface area contributed by atoms with E-state index in [0.717, 1.165) is 11.1 Å². The average Bonchev–Trinajstić information content (AvgIpc) is 3.21. The van der Waals surface area contributed by atoms with E-state index in [1.807, 2.05) is 30.3 Å². The molecule has 34 heavy (non-hydrogen) atoms. The molecule has 174 valence electrons. The first-order chi connectivity index (χ1) is 16.2. The van der Waals surface area contributed by atoms with E-state index in [1.165, 1.54) is 18.5 Å². The van der Waals surface area contributed by atoms with Crippen LogP contribution >= 0.6 is 0 Å². The summed E-state index contributed by atoms with van der Waals surface area (Å²) in [5, 5.41) is 23.2. The Balaban J connectivity index is 1.32. The minimum Gasteiger partial charge on any atom is -0.632 e. The molecular formula is C26H24FN3O4. The lowest BCUT2D eigenvalue weighted by Crippen LogP contribution is -2.78. The Hall–Kier alpha value is -3.17. The quantitative estimate of drug-likeness (QED) is 0.347. The van der Waals surface area contributed by atoms with Gasteiger partial charge in [-0.25, -0.2) is 14.4 Å². The van der Waals surface area contributed by atoms with Crippen molar-refractivity contribution in [2.24, 2.45) is 0 Å². The molecule has 3 atom stereocenters. The molecule has 3 unspecified atom stereocenters. The second-order valence-electron chi connectivity index (χ2n) is 9.76. The standard InChI is InChI=1S/C26H24FN3O4/c1-26(2,31)18-7-17(8-19(27)9-18)24-25-20(28-14-29-24)10-22(34-25)16-5-3-15(4-6-16)11-30(32)12-23-21(30)13-33-23/h3-10,14,21,23,31H,11-13H2,1-2H3. The van der Waals surface area contributed by atoms with E-state index in [4.69, 9.17) is 9.15 Å². The molecule has 8 heteroatoms. The molecule has 2 fully saturated rings. The number of aliphatic hydroxyl groups is 1. The van der Waals surface area contributed by atoms with Crippen molar-refractivity contribution in [2.75, 3.05) is 13.2 Å². The normalized spacial score (nSPS) is 23.9. The van der Waals surface area contributed by atoms with Crippen LogP contribution in [0.2, 0.25) is 0 Å². The minimum atomic E-state index is -1.20. The van der Waals surface area contributed by atoms with Gasteiger partial charge in [0.15, 0.2) is 11.7 Å². The Labute approximate surface area is 195 Å². The highest BCUT2D eigenvalue weighted by atomic mass is 19.1. The number of hydroxylamine groups is 3. The molecule has 0 spiro atoms. The zero-order chi connectivity index (χ0) is 23.7. The summed E-state index contributed by atoms with van der Waals surface area (Å²) in [7, 11) is 0. The van der Waals surface area contributed by atoms with Gasteiger partial charge in [0.25, 0.3) is 0 Å². The Kier molecular flexibility index (Phi) is 4.66. The summed E-state index contributed by atoms with van der Waals surface area (Å²) < 4.78 is 25.6. The molecule has 0 bridgehead atoms. The predicted octanol–water partition coefficient (Wildman–Crippen LogP) is 4.52. The van der Waals surface area contributed by atoms with Gasteiger partial charge in [-0.1, -0.05) is 24.3 Å². The van der Waals surface area contributed by atoms with E-state index in [0.29, 0.717) is 53.4 Å². The van der Waals surface area contributed by atoms with Gasteiger partial charge in [-0.05, 0) is 37.6 Å². The maximum Gasteiger partial charge on any atom is 0.179 e. The van der Waals surface area contributed by atoms with Gasteiger partial charge < -0.3 is 24.1 Å². The van der Waals surface area contributed by atoms with Crippen LogP contribution in [-0.4, -0.2) is 45.0 Å². The molecule has 0 saturated carbocycles. The van der Waals surface area contributed by atoms with Crippen LogP contribution in [0.1, 0.15) is 25.0 Å². The number of quaternary nitrogens is 1. The molecule has 6 rings (SSSR count). The molecule has 1 N–H and O–H groups in total. The molecular weight excluding hydrogens is 437 g/mol. The average molecular weight is 461 g/mol. The highest BCUT2D eigenvalue weighted by Gasteiger charge is 2.56. The van der Waals surface area contributed by atoms with Gasteiger partial charge in [0.1, 0.15) is 54.9 Å². The number of halogens is 1. The maximum atomic E-state index is 14.3. The topological polar surface area (TPSA) is 91.4 Å². The number of hydrogen-bond donors (Lipinski definition) is 1. The highest BCUT2D eigenvalue weighted by Crippen LogP contribution is 2.39. The van der Waals surface area contributed by atoms with Crippen molar-refractivity contribution in [3.63, 3.8) is 0 Å². The first-order valence-corrected chi connectivity index (χ1v) is 11.3. The molecule has 4 heterocycles. The van der Waals surface area contributed by atoms with Crippen LogP contribution in [0.4, 0.5) is 4.39 Å². The fraction of sp³-hybridized carbons (Fsp3) is 0.308. The Bertz CT molecular complexity index is 1400. The van der Waals surface area contributed by atoms with Gasteiger partial charge in [0, 0.05) is 22.8 Å². The van der Waals surface area contributed by atoms with Crippen LogP contribution in [0.3, 0.4) is 0 Å². The molecule has 0 aliphatic carbocycles. The van der Waals surface area contributed by atoms with E-state index in [1.54, 1.807) is 19.9 Å². The van der Waals surface area contributed by atoms with Crippen LogP contribution < -0.4 is 0 Å². The van der Waals surface area contributed by atoms with Gasteiger partial charge in [0.05, 0.1) is 5.60 Å². The fourth-order valence-corrected chi connectivity index (χ4v) is 4.78. The van der Waals surface area contributed by atoms with Crippen molar-refractivity contribution in [1.29, 1.82) is 0 Å². The number of furan rings is 1. The van der Waals surface area contributed by atoms with Gasteiger partial charge in [-0.3, -0.25) is 0 Å². The number of ether oxygens (including phenoxy) is 1. The third kappa shape index (κ3) is 3.50. The van der Waals surface area contributed by atoms with E-state index >= 15 is 0 Å². The largest absolute Gasteiger partial charge is 0.632 e. The molecule has 2 aromatic carbocycles. The number of nitrogens with zero attached hydrogens (tertiary/aromatic N) is 3. The number of fused-ring (bicyclic) bond motifs is 2. The lowest BCUT2D eigenvalue weighted by atomic mass is 9.92. The Morgan fingerprint density at radius 3 is 2.56 bits per heavy atom. The van der Waals surface area contributed by atoms with Gasteiger partial charge in [-0.15, -0.1) is 0 Å². The second-order valence-corrected chi connectivity index (χ2v) is 9.76. The molecule has 2 aliphatic rings. The first kappa shape index (κ1) is 21.4. The van der Waals surface area contributed by atoms with Gasteiger partial charge in [-0.2, -0.15) is 0 Å². The molecule has 0 amide bonds. The van der Waals surface area contributed by atoms with E-state index in [-0.39, 0.29) is 16.8 Å². The van der Waals surface area contributed by atoms with Crippen LogP contribution in [0.15, 0.2) is 59.3 Å². The number of likely N-dealkylation sites (tertiary alicyclic amines) is 1. The zero-order valence-corrected chi connectivity index (χ0v) is 18.9. The summed E-state index contributed by atoms with van der Waals surface area (Å²) in [5.41, 5.74) is 3.04.